The third-order valence-electron chi connectivity index (χ3n) is 5.11. The van der Waals surface area contributed by atoms with Gasteiger partial charge >= 0.3 is 0 Å². The van der Waals surface area contributed by atoms with Crippen LogP contribution >= 0.6 is 11.6 Å². The fourth-order valence-corrected chi connectivity index (χ4v) is 3.82. The molecular weight excluding hydrogens is 346 g/mol. The first kappa shape index (κ1) is 19.0. The van der Waals surface area contributed by atoms with E-state index in [0.717, 1.165) is 36.6 Å². The SMILES string of the molecule is CN(C)CC[C@@H]1CN(C(=O)CCc2ccccc2Cl)Cc2cccn2C1. The van der Waals surface area contributed by atoms with Gasteiger partial charge in [-0.1, -0.05) is 29.8 Å². The minimum absolute atomic E-state index is 0.217. The van der Waals surface area contributed by atoms with Gasteiger partial charge in [0.25, 0.3) is 0 Å². The lowest BCUT2D eigenvalue weighted by Gasteiger charge is -2.25. The summed E-state index contributed by atoms with van der Waals surface area (Å²) in [7, 11) is 4.20. The Bertz CT molecular complexity index is 740. The quantitative estimate of drug-likeness (QED) is 0.772. The van der Waals surface area contributed by atoms with E-state index >= 15 is 0 Å². The smallest absolute Gasteiger partial charge is 0.223 e. The first-order valence-corrected chi connectivity index (χ1v) is 9.70. The van der Waals surface area contributed by atoms with Crippen LogP contribution in [0.1, 0.15) is 24.1 Å². The second-order valence-electron chi connectivity index (χ2n) is 7.48. The lowest BCUT2D eigenvalue weighted by Crippen LogP contribution is -2.35. The summed E-state index contributed by atoms with van der Waals surface area (Å²) >= 11 is 6.23. The summed E-state index contributed by atoms with van der Waals surface area (Å²) < 4.78 is 2.31. The van der Waals surface area contributed by atoms with Gasteiger partial charge in [0, 0.05) is 36.4 Å². The van der Waals surface area contributed by atoms with Gasteiger partial charge < -0.3 is 14.4 Å². The van der Waals surface area contributed by atoms with Crippen LogP contribution in [0.3, 0.4) is 0 Å². The number of hydrogen-bond acceptors (Lipinski definition) is 2. The number of carbonyl (C=O) groups is 1. The Morgan fingerprint density at radius 2 is 2.00 bits per heavy atom. The molecule has 2 aromatic rings. The average molecular weight is 374 g/mol. The molecule has 1 aromatic carbocycles. The molecule has 0 N–H and O–H groups in total. The van der Waals surface area contributed by atoms with E-state index in [4.69, 9.17) is 11.6 Å². The summed E-state index contributed by atoms with van der Waals surface area (Å²) in [6, 6.07) is 12.0. The molecule has 1 amide bonds. The maximum absolute atomic E-state index is 12.9. The van der Waals surface area contributed by atoms with E-state index in [1.54, 1.807) is 0 Å². The van der Waals surface area contributed by atoms with Crippen LogP contribution in [0.5, 0.6) is 0 Å². The molecule has 2 heterocycles. The highest BCUT2D eigenvalue weighted by Gasteiger charge is 2.24. The molecule has 26 heavy (non-hydrogen) atoms. The zero-order valence-electron chi connectivity index (χ0n) is 15.7. The lowest BCUT2D eigenvalue weighted by molar-refractivity contribution is -0.132. The number of aryl methyl sites for hydroxylation is 1. The van der Waals surface area contributed by atoms with Gasteiger partial charge in [0.2, 0.25) is 5.91 Å². The number of hydrogen-bond donors (Lipinski definition) is 0. The second-order valence-corrected chi connectivity index (χ2v) is 7.88. The Balaban J connectivity index is 1.66. The molecule has 0 spiro atoms. The van der Waals surface area contributed by atoms with E-state index < -0.39 is 0 Å². The Morgan fingerprint density at radius 3 is 2.77 bits per heavy atom. The second kappa shape index (κ2) is 8.74. The fraction of sp³-hybridized carbons (Fsp3) is 0.476. The van der Waals surface area contributed by atoms with Gasteiger partial charge in [0.15, 0.2) is 0 Å². The van der Waals surface area contributed by atoms with Crippen LogP contribution in [-0.2, 0) is 24.3 Å². The summed E-state index contributed by atoms with van der Waals surface area (Å²) in [5.74, 6) is 0.699. The standard InChI is InChI=1S/C21H28ClN3O/c1-23(2)13-11-17-14-24-12-5-7-19(24)16-25(15-17)21(26)10-9-18-6-3-4-8-20(18)22/h3-8,12,17H,9-11,13-16H2,1-2H3/t17-/m0/s1. The van der Waals surface area contributed by atoms with Crippen molar-refractivity contribution >= 4 is 17.5 Å². The van der Waals surface area contributed by atoms with Crippen LogP contribution in [0.25, 0.3) is 0 Å². The van der Waals surface area contributed by atoms with Crippen LogP contribution in [-0.4, -0.2) is 47.5 Å². The zero-order chi connectivity index (χ0) is 18.5. The Hall–Kier alpha value is -1.78. The van der Waals surface area contributed by atoms with Crippen LogP contribution < -0.4 is 0 Å². The van der Waals surface area contributed by atoms with Gasteiger partial charge in [-0.05, 0) is 63.2 Å². The first-order valence-electron chi connectivity index (χ1n) is 9.33. The monoisotopic (exact) mass is 373 g/mol. The topological polar surface area (TPSA) is 28.5 Å². The summed E-state index contributed by atoms with van der Waals surface area (Å²) in [5, 5.41) is 0.744. The van der Waals surface area contributed by atoms with Crippen molar-refractivity contribution in [2.24, 2.45) is 5.92 Å². The third kappa shape index (κ3) is 4.89. The summed E-state index contributed by atoms with van der Waals surface area (Å²) in [4.78, 5) is 17.2. The van der Waals surface area contributed by atoms with Gasteiger partial charge in [0.05, 0.1) is 6.54 Å². The van der Waals surface area contributed by atoms with Gasteiger partial charge in [-0.3, -0.25) is 4.79 Å². The fourth-order valence-electron chi connectivity index (χ4n) is 3.59. The highest BCUT2D eigenvalue weighted by atomic mass is 35.5. The highest BCUT2D eigenvalue weighted by molar-refractivity contribution is 6.31. The predicted octanol–water partition coefficient (Wildman–Crippen LogP) is 3.68. The average Bonchev–Trinajstić information content (AvgIpc) is 2.97. The van der Waals surface area contributed by atoms with Crippen molar-refractivity contribution in [3.05, 3.63) is 58.9 Å². The van der Waals surface area contributed by atoms with Crippen molar-refractivity contribution in [1.29, 1.82) is 0 Å². The van der Waals surface area contributed by atoms with Crippen LogP contribution in [0.4, 0.5) is 0 Å². The lowest BCUT2D eigenvalue weighted by atomic mass is 10.0. The summed E-state index contributed by atoms with van der Waals surface area (Å²) in [6.45, 7) is 3.57. The first-order chi connectivity index (χ1) is 12.5. The molecule has 0 aliphatic carbocycles. The summed E-state index contributed by atoms with van der Waals surface area (Å²) in [5.41, 5.74) is 2.27. The van der Waals surface area contributed by atoms with E-state index in [0.29, 0.717) is 25.3 Å². The normalized spacial score (nSPS) is 17.2. The number of benzene rings is 1. The minimum Gasteiger partial charge on any atom is -0.349 e. The molecule has 0 fully saturated rings. The van der Waals surface area contributed by atoms with Crippen molar-refractivity contribution in [2.45, 2.75) is 32.4 Å². The van der Waals surface area contributed by atoms with E-state index in [-0.39, 0.29) is 5.91 Å². The highest BCUT2D eigenvalue weighted by Crippen LogP contribution is 2.22. The number of halogens is 1. The van der Waals surface area contributed by atoms with Crippen molar-refractivity contribution in [2.75, 3.05) is 27.2 Å². The van der Waals surface area contributed by atoms with E-state index in [1.165, 1.54) is 5.69 Å². The van der Waals surface area contributed by atoms with Crippen LogP contribution in [0, 0.1) is 5.92 Å². The maximum Gasteiger partial charge on any atom is 0.223 e. The largest absolute Gasteiger partial charge is 0.349 e. The minimum atomic E-state index is 0.217. The van der Waals surface area contributed by atoms with Crippen molar-refractivity contribution in [1.82, 2.24) is 14.4 Å². The Kier molecular flexibility index (Phi) is 6.38. The van der Waals surface area contributed by atoms with Crippen molar-refractivity contribution in [3.8, 4) is 0 Å². The number of rotatable bonds is 6. The third-order valence-corrected chi connectivity index (χ3v) is 5.48. The van der Waals surface area contributed by atoms with Gasteiger partial charge in [-0.25, -0.2) is 0 Å². The molecule has 5 heteroatoms. The molecule has 1 aliphatic rings. The molecule has 140 valence electrons. The van der Waals surface area contributed by atoms with E-state index in [1.807, 2.05) is 29.2 Å². The molecule has 0 bridgehead atoms. The molecule has 0 unspecified atom stereocenters. The molecule has 0 saturated heterocycles. The van der Waals surface area contributed by atoms with Gasteiger partial charge in [0.1, 0.15) is 0 Å². The Morgan fingerprint density at radius 1 is 1.19 bits per heavy atom. The molecule has 1 atom stereocenters. The molecule has 4 nitrogen and oxygen atoms in total. The number of aromatic nitrogens is 1. The van der Waals surface area contributed by atoms with Crippen molar-refractivity contribution in [3.63, 3.8) is 0 Å². The number of carbonyl (C=O) groups excluding carboxylic acids is 1. The van der Waals surface area contributed by atoms with Gasteiger partial charge in [-0.15, -0.1) is 0 Å². The Labute approximate surface area is 161 Å². The molecule has 0 radical (unpaired) electrons. The van der Waals surface area contributed by atoms with Crippen LogP contribution in [0.15, 0.2) is 42.6 Å². The number of fused-ring (bicyclic) bond motifs is 1. The van der Waals surface area contributed by atoms with Crippen molar-refractivity contribution < 1.29 is 4.79 Å². The predicted molar refractivity (Wildman–Crippen MR) is 106 cm³/mol. The molecular formula is C21H28ClN3O. The molecule has 0 saturated carbocycles. The zero-order valence-corrected chi connectivity index (χ0v) is 16.5. The van der Waals surface area contributed by atoms with Crippen LogP contribution in [0.2, 0.25) is 5.02 Å². The molecule has 3 rings (SSSR count). The molecule has 1 aliphatic heterocycles. The van der Waals surface area contributed by atoms with E-state index in [2.05, 4.69) is 41.9 Å². The summed E-state index contributed by atoms with van der Waals surface area (Å²) in [6.07, 6.45) is 4.43. The maximum atomic E-state index is 12.9. The van der Waals surface area contributed by atoms with Gasteiger partial charge in [-0.2, -0.15) is 0 Å². The number of amides is 1. The number of nitrogens with zero attached hydrogens (tertiary/aromatic N) is 3. The van der Waals surface area contributed by atoms with E-state index in [9.17, 15) is 4.79 Å². The molecule has 1 aromatic heterocycles.